The Morgan fingerprint density at radius 2 is 2.44 bits per heavy atom. The van der Waals surface area contributed by atoms with Gasteiger partial charge < -0.3 is 19.4 Å². The van der Waals surface area contributed by atoms with Crippen molar-refractivity contribution in [2.45, 2.75) is 25.5 Å². The Hall–Kier alpha value is -1.33. The Morgan fingerprint density at radius 3 is 3.17 bits per heavy atom. The maximum absolute atomic E-state index is 12.2. The largest absolute Gasteiger partial charge is 0.453 e. The topological polar surface area (TPSA) is 54.7 Å². The summed E-state index contributed by atoms with van der Waals surface area (Å²) >= 11 is 0. The minimum Gasteiger partial charge on any atom is -0.453 e. The van der Waals surface area contributed by atoms with Crippen LogP contribution in [-0.4, -0.2) is 44.1 Å². The van der Waals surface area contributed by atoms with E-state index in [1.54, 1.807) is 19.2 Å². The molecule has 1 N–H and O–H groups in total. The van der Waals surface area contributed by atoms with Crippen molar-refractivity contribution in [3.8, 4) is 0 Å². The van der Waals surface area contributed by atoms with Crippen molar-refractivity contribution in [3.05, 3.63) is 23.7 Å². The molecule has 0 aromatic carbocycles. The third kappa shape index (κ3) is 2.91. The highest BCUT2D eigenvalue weighted by Gasteiger charge is 2.25. The van der Waals surface area contributed by atoms with Gasteiger partial charge in [0.05, 0.1) is 0 Å². The number of rotatable bonds is 4. The molecule has 0 radical (unpaired) electrons. The van der Waals surface area contributed by atoms with E-state index in [1.807, 2.05) is 11.9 Å². The average molecular weight is 252 g/mol. The van der Waals surface area contributed by atoms with Crippen LogP contribution in [0.1, 0.15) is 29.2 Å². The lowest BCUT2D eigenvalue weighted by molar-refractivity contribution is 0.0659. The number of carbonyl (C=O) groups excluding carboxylic acids is 1. The lowest BCUT2D eigenvalue weighted by Gasteiger charge is -2.31. The van der Waals surface area contributed by atoms with Gasteiger partial charge in [0.2, 0.25) is 0 Å². The summed E-state index contributed by atoms with van der Waals surface area (Å²) in [7, 11) is 3.54. The number of carbonyl (C=O) groups is 1. The van der Waals surface area contributed by atoms with Crippen molar-refractivity contribution in [2.24, 2.45) is 0 Å². The minimum atomic E-state index is -0.0303. The molecule has 1 aliphatic heterocycles. The number of likely N-dealkylation sites (tertiary alicyclic amines) is 1. The van der Waals surface area contributed by atoms with Crippen molar-refractivity contribution >= 4 is 5.91 Å². The van der Waals surface area contributed by atoms with Crippen LogP contribution in [0.15, 0.2) is 16.5 Å². The minimum absolute atomic E-state index is 0.0303. The highest BCUT2D eigenvalue weighted by Crippen LogP contribution is 2.16. The third-order valence-electron chi connectivity index (χ3n) is 3.28. The summed E-state index contributed by atoms with van der Waals surface area (Å²) < 4.78 is 10.4. The molecule has 1 aromatic heterocycles. The highest BCUT2D eigenvalue weighted by molar-refractivity contribution is 5.91. The summed E-state index contributed by atoms with van der Waals surface area (Å²) in [4.78, 5) is 14.1. The number of likely N-dealkylation sites (N-methyl/N-ethyl adjacent to an activating group) is 1. The van der Waals surface area contributed by atoms with Crippen LogP contribution in [0.3, 0.4) is 0 Å². The summed E-state index contributed by atoms with van der Waals surface area (Å²) in [5, 5.41) is 3.22. The number of hydrogen-bond acceptors (Lipinski definition) is 4. The fraction of sp³-hybridized carbons (Fsp3) is 0.615. The van der Waals surface area contributed by atoms with E-state index in [1.165, 1.54) is 0 Å². The third-order valence-corrected chi connectivity index (χ3v) is 3.28. The van der Waals surface area contributed by atoms with Crippen LogP contribution in [0.2, 0.25) is 0 Å². The highest BCUT2D eigenvalue weighted by atomic mass is 16.5. The predicted octanol–water partition coefficient (Wildman–Crippen LogP) is 1.25. The van der Waals surface area contributed by atoms with E-state index >= 15 is 0 Å². The lowest BCUT2D eigenvalue weighted by atomic mass is 10.1. The number of piperidine rings is 1. The van der Waals surface area contributed by atoms with Crippen molar-refractivity contribution < 1.29 is 13.9 Å². The van der Waals surface area contributed by atoms with Gasteiger partial charge in [-0.2, -0.15) is 0 Å². The van der Waals surface area contributed by atoms with Gasteiger partial charge in [-0.05, 0) is 32.0 Å². The molecule has 0 spiro atoms. The normalized spacial score (nSPS) is 20.1. The summed E-state index contributed by atoms with van der Waals surface area (Å²) in [6.07, 6.45) is 2.15. The molecule has 18 heavy (non-hydrogen) atoms. The molecule has 5 heteroatoms. The average Bonchev–Trinajstić information content (AvgIpc) is 2.87. The zero-order valence-electron chi connectivity index (χ0n) is 10.9. The Bertz CT molecular complexity index is 403. The molecule has 1 saturated heterocycles. The van der Waals surface area contributed by atoms with Crippen molar-refractivity contribution in [1.29, 1.82) is 0 Å². The second-order valence-corrected chi connectivity index (χ2v) is 4.58. The van der Waals surface area contributed by atoms with Crippen LogP contribution in [0.5, 0.6) is 0 Å². The Labute approximate surface area is 107 Å². The molecule has 1 atom stereocenters. The fourth-order valence-corrected chi connectivity index (χ4v) is 2.27. The zero-order chi connectivity index (χ0) is 13.0. The number of ether oxygens (including phenoxy) is 1. The Kier molecular flexibility index (Phi) is 4.38. The number of furan rings is 1. The van der Waals surface area contributed by atoms with Gasteiger partial charge >= 0.3 is 0 Å². The van der Waals surface area contributed by atoms with Gasteiger partial charge in [0, 0.05) is 26.2 Å². The predicted molar refractivity (Wildman–Crippen MR) is 67.4 cm³/mol. The van der Waals surface area contributed by atoms with E-state index in [9.17, 15) is 4.79 Å². The van der Waals surface area contributed by atoms with E-state index in [4.69, 9.17) is 9.15 Å². The Balaban J connectivity index is 2.00. The van der Waals surface area contributed by atoms with Crippen LogP contribution in [0, 0.1) is 0 Å². The van der Waals surface area contributed by atoms with E-state index in [0.717, 1.165) is 25.9 Å². The van der Waals surface area contributed by atoms with Crippen LogP contribution in [0.4, 0.5) is 0 Å². The smallest absolute Gasteiger partial charge is 0.289 e. The first-order valence-electron chi connectivity index (χ1n) is 6.28. The van der Waals surface area contributed by atoms with Crippen LogP contribution >= 0.6 is 0 Å². The lowest BCUT2D eigenvalue weighted by Crippen LogP contribution is -2.46. The summed E-state index contributed by atoms with van der Waals surface area (Å²) in [5.74, 6) is 1.05. The first kappa shape index (κ1) is 13.1. The molecular weight excluding hydrogens is 232 g/mol. The van der Waals surface area contributed by atoms with Gasteiger partial charge in [0.25, 0.3) is 5.91 Å². The van der Waals surface area contributed by atoms with E-state index in [-0.39, 0.29) is 5.91 Å². The molecule has 5 nitrogen and oxygen atoms in total. The molecule has 1 unspecified atom stereocenters. The van der Waals surface area contributed by atoms with Gasteiger partial charge in [-0.3, -0.25) is 4.79 Å². The number of methoxy groups -OCH3 is 1. The van der Waals surface area contributed by atoms with Gasteiger partial charge in [0.15, 0.2) is 5.76 Å². The van der Waals surface area contributed by atoms with Crippen molar-refractivity contribution in [2.75, 3.05) is 27.2 Å². The molecule has 1 amide bonds. The monoisotopic (exact) mass is 252 g/mol. The number of nitrogens with zero attached hydrogens (tertiary/aromatic N) is 1. The van der Waals surface area contributed by atoms with Gasteiger partial charge in [-0.1, -0.05) is 0 Å². The summed E-state index contributed by atoms with van der Waals surface area (Å²) in [6.45, 7) is 1.94. The maximum atomic E-state index is 12.2. The first-order valence-corrected chi connectivity index (χ1v) is 6.28. The molecule has 0 saturated carbocycles. The number of hydrogen-bond donors (Lipinski definition) is 1. The van der Waals surface area contributed by atoms with Gasteiger partial charge in [0.1, 0.15) is 12.4 Å². The molecule has 0 bridgehead atoms. The zero-order valence-corrected chi connectivity index (χ0v) is 10.9. The van der Waals surface area contributed by atoms with Crippen molar-refractivity contribution in [3.63, 3.8) is 0 Å². The molecular formula is C13H20N2O3. The maximum Gasteiger partial charge on any atom is 0.289 e. The first-order chi connectivity index (χ1) is 8.74. The van der Waals surface area contributed by atoms with Crippen molar-refractivity contribution in [1.82, 2.24) is 10.2 Å². The number of nitrogens with one attached hydrogen (secondary N) is 1. The molecule has 2 heterocycles. The van der Waals surface area contributed by atoms with E-state index in [2.05, 4.69) is 5.32 Å². The summed E-state index contributed by atoms with van der Waals surface area (Å²) in [6, 6.07) is 3.90. The van der Waals surface area contributed by atoms with E-state index < -0.39 is 0 Å². The van der Waals surface area contributed by atoms with Gasteiger partial charge in [-0.25, -0.2) is 0 Å². The standard InChI is InChI=1S/C13H20N2O3/c1-14-10-4-3-7-15(8-10)13(16)12-6-5-11(18-12)9-17-2/h5-6,10,14H,3-4,7-9H2,1-2H3. The van der Waals surface area contributed by atoms with Crippen LogP contribution in [0.25, 0.3) is 0 Å². The molecule has 2 rings (SSSR count). The molecule has 0 aliphatic carbocycles. The quantitative estimate of drug-likeness (QED) is 0.876. The molecule has 1 fully saturated rings. The second kappa shape index (κ2) is 6.02. The Morgan fingerprint density at radius 1 is 1.61 bits per heavy atom. The fourth-order valence-electron chi connectivity index (χ4n) is 2.27. The molecule has 100 valence electrons. The molecule has 1 aliphatic rings. The van der Waals surface area contributed by atoms with Crippen LogP contribution in [-0.2, 0) is 11.3 Å². The van der Waals surface area contributed by atoms with Crippen LogP contribution < -0.4 is 5.32 Å². The molecule has 1 aromatic rings. The SMILES string of the molecule is CNC1CCCN(C(=O)c2ccc(COC)o2)C1. The second-order valence-electron chi connectivity index (χ2n) is 4.58. The summed E-state index contributed by atoms with van der Waals surface area (Å²) in [5.41, 5.74) is 0. The number of amides is 1. The van der Waals surface area contributed by atoms with E-state index in [0.29, 0.717) is 24.2 Å². The van der Waals surface area contributed by atoms with Gasteiger partial charge in [-0.15, -0.1) is 0 Å².